The standard InChI is InChI=1S/C12H8ClF2N3O/c1-19-10-4-2-9(3-5-10)18-11(12(13,14)15)8(6-16)7-17/h2-5,18H,1H3. The first-order valence-electron chi connectivity index (χ1n) is 4.95. The van der Waals surface area contributed by atoms with Crippen molar-refractivity contribution in [3.05, 3.63) is 35.5 Å². The molecular formula is C12H8ClF2N3O. The van der Waals surface area contributed by atoms with Crippen molar-refractivity contribution in [3.63, 3.8) is 0 Å². The highest BCUT2D eigenvalue weighted by atomic mass is 35.5. The number of allylic oxidation sites excluding steroid dienone is 2. The van der Waals surface area contributed by atoms with Gasteiger partial charge in [0.15, 0.2) is 5.57 Å². The van der Waals surface area contributed by atoms with Crippen LogP contribution in [0.5, 0.6) is 5.75 Å². The third-order valence-electron chi connectivity index (χ3n) is 2.12. The van der Waals surface area contributed by atoms with Crippen molar-refractivity contribution >= 4 is 17.3 Å². The first-order valence-corrected chi connectivity index (χ1v) is 5.33. The number of ether oxygens (including phenoxy) is 1. The van der Waals surface area contributed by atoms with Crippen molar-refractivity contribution in [2.24, 2.45) is 0 Å². The maximum Gasteiger partial charge on any atom is 0.364 e. The molecule has 0 saturated carbocycles. The van der Waals surface area contributed by atoms with E-state index in [1.165, 1.54) is 43.5 Å². The van der Waals surface area contributed by atoms with Crippen molar-refractivity contribution in [3.8, 4) is 17.9 Å². The zero-order valence-corrected chi connectivity index (χ0v) is 10.5. The van der Waals surface area contributed by atoms with Crippen LogP contribution in [0.25, 0.3) is 0 Å². The highest BCUT2D eigenvalue weighted by Gasteiger charge is 2.34. The van der Waals surface area contributed by atoms with E-state index in [1.807, 2.05) is 0 Å². The molecule has 7 heteroatoms. The van der Waals surface area contributed by atoms with Gasteiger partial charge in [-0.2, -0.15) is 19.3 Å². The molecule has 0 fully saturated rings. The Bertz CT molecular complexity index is 549. The molecule has 0 saturated heterocycles. The highest BCUT2D eigenvalue weighted by molar-refractivity contribution is 6.23. The normalized spacial score (nSPS) is 10.0. The number of halogens is 3. The zero-order chi connectivity index (χ0) is 14.5. The lowest BCUT2D eigenvalue weighted by Crippen LogP contribution is -2.20. The Labute approximate surface area is 113 Å². The Morgan fingerprint density at radius 2 is 1.79 bits per heavy atom. The first-order chi connectivity index (χ1) is 8.92. The van der Waals surface area contributed by atoms with Crippen LogP contribution >= 0.6 is 11.6 Å². The van der Waals surface area contributed by atoms with Crippen molar-refractivity contribution in [1.29, 1.82) is 10.5 Å². The molecule has 0 aliphatic rings. The lowest BCUT2D eigenvalue weighted by Gasteiger charge is -2.15. The van der Waals surface area contributed by atoms with Crippen LogP contribution in [-0.2, 0) is 0 Å². The van der Waals surface area contributed by atoms with Crippen molar-refractivity contribution in [1.82, 2.24) is 0 Å². The third kappa shape index (κ3) is 3.84. The van der Waals surface area contributed by atoms with E-state index in [-0.39, 0.29) is 5.69 Å². The Balaban J connectivity index is 3.13. The number of benzene rings is 1. The molecule has 1 aromatic carbocycles. The molecule has 0 aliphatic carbocycles. The van der Waals surface area contributed by atoms with Crippen molar-refractivity contribution < 1.29 is 13.5 Å². The van der Waals surface area contributed by atoms with Gasteiger partial charge in [-0.1, -0.05) is 0 Å². The molecule has 1 N–H and O–H groups in total. The van der Waals surface area contributed by atoms with E-state index in [9.17, 15) is 8.78 Å². The molecular weight excluding hydrogens is 276 g/mol. The van der Waals surface area contributed by atoms with Gasteiger partial charge in [-0.05, 0) is 35.9 Å². The predicted molar refractivity (Wildman–Crippen MR) is 65.7 cm³/mol. The Kier molecular flexibility index (Phi) is 4.68. The second-order valence-electron chi connectivity index (χ2n) is 3.32. The number of methoxy groups -OCH3 is 1. The largest absolute Gasteiger partial charge is 0.497 e. The monoisotopic (exact) mass is 283 g/mol. The molecule has 1 rings (SSSR count). The number of rotatable bonds is 4. The van der Waals surface area contributed by atoms with E-state index in [0.717, 1.165) is 0 Å². The summed E-state index contributed by atoms with van der Waals surface area (Å²) in [4.78, 5) is 0. The maximum atomic E-state index is 13.2. The van der Waals surface area contributed by atoms with Crippen LogP contribution in [0.3, 0.4) is 0 Å². The van der Waals surface area contributed by atoms with Crippen LogP contribution in [0, 0.1) is 22.7 Å². The van der Waals surface area contributed by atoms with Crippen molar-refractivity contribution in [2.75, 3.05) is 12.4 Å². The molecule has 0 unspecified atom stereocenters. The van der Waals surface area contributed by atoms with Crippen molar-refractivity contribution in [2.45, 2.75) is 5.38 Å². The lowest BCUT2D eigenvalue weighted by atomic mass is 10.2. The topological polar surface area (TPSA) is 68.8 Å². The molecule has 0 bridgehead atoms. The number of nitriles is 2. The van der Waals surface area contributed by atoms with Gasteiger partial charge in [-0.3, -0.25) is 0 Å². The molecule has 98 valence electrons. The average molecular weight is 284 g/mol. The number of nitrogens with zero attached hydrogens (tertiary/aromatic N) is 2. The van der Waals surface area contributed by atoms with E-state index in [0.29, 0.717) is 5.75 Å². The van der Waals surface area contributed by atoms with Gasteiger partial charge < -0.3 is 10.1 Å². The van der Waals surface area contributed by atoms with Crippen LogP contribution in [0.4, 0.5) is 14.5 Å². The third-order valence-corrected chi connectivity index (χ3v) is 2.31. The molecule has 0 aliphatic heterocycles. The molecule has 0 spiro atoms. The fourth-order valence-electron chi connectivity index (χ4n) is 1.23. The van der Waals surface area contributed by atoms with Gasteiger partial charge in [0.2, 0.25) is 0 Å². The van der Waals surface area contributed by atoms with Gasteiger partial charge in [0.25, 0.3) is 0 Å². The Morgan fingerprint density at radius 1 is 1.26 bits per heavy atom. The molecule has 0 atom stereocenters. The Morgan fingerprint density at radius 3 is 2.16 bits per heavy atom. The summed E-state index contributed by atoms with van der Waals surface area (Å²) in [6.07, 6.45) is 0. The number of hydrogen-bond acceptors (Lipinski definition) is 4. The number of alkyl halides is 3. The van der Waals surface area contributed by atoms with E-state index < -0.39 is 16.7 Å². The number of hydrogen-bond donors (Lipinski definition) is 1. The first kappa shape index (κ1) is 14.7. The lowest BCUT2D eigenvalue weighted by molar-refractivity contribution is 0.139. The smallest absolute Gasteiger partial charge is 0.364 e. The van der Waals surface area contributed by atoms with E-state index in [2.05, 4.69) is 5.32 Å². The number of nitrogens with one attached hydrogen (secondary N) is 1. The van der Waals surface area contributed by atoms with E-state index in [4.69, 9.17) is 26.9 Å². The summed E-state index contributed by atoms with van der Waals surface area (Å²) in [5.41, 5.74) is -1.49. The van der Waals surface area contributed by atoms with Crippen LogP contribution in [-0.4, -0.2) is 12.5 Å². The van der Waals surface area contributed by atoms with Gasteiger partial charge in [-0.15, -0.1) is 0 Å². The quantitative estimate of drug-likeness (QED) is 0.680. The predicted octanol–water partition coefficient (Wildman–Crippen LogP) is 3.24. The summed E-state index contributed by atoms with van der Waals surface area (Å²) in [5.74, 6) is 0.537. The fraction of sp³-hybridized carbons (Fsp3) is 0.167. The average Bonchev–Trinajstić information content (AvgIpc) is 2.38. The minimum atomic E-state index is -3.85. The minimum absolute atomic E-state index is 0.249. The molecule has 0 amide bonds. The summed E-state index contributed by atoms with van der Waals surface area (Å²) in [5, 5.41) is 15.7. The fourth-order valence-corrected chi connectivity index (χ4v) is 1.37. The SMILES string of the molecule is COc1ccc(NC(=C(C#N)C#N)C(F)(F)Cl)cc1. The molecule has 19 heavy (non-hydrogen) atoms. The second-order valence-corrected chi connectivity index (χ2v) is 3.80. The van der Waals surface area contributed by atoms with E-state index >= 15 is 0 Å². The van der Waals surface area contributed by atoms with Gasteiger partial charge in [0.1, 0.15) is 23.6 Å². The summed E-state index contributed by atoms with van der Waals surface area (Å²) >= 11 is 4.88. The van der Waals surface area contributed by atoms with Crippen LogP contribution < -0.4 is 10.1 Å². The van der Waals surface area contributed by atoms with Gasteiger partial charge in [-0.25, -0.2) is 0 Å². The van der Waals surface area contributed by atoms with Gasteiger partial charge in [0, 0.05) is 5.69 Å². The van der Waals surface area contributed by atoms with Crippen LogP contribution in [0.15, 0.2) is 35.5 Å². The second kappa shape index (κ2) is 6.03. The van der Waals surface area contributed by atoms with E-state index in [1.54, 1.807) is 0 Å². The van der Waals surface area contributed by atoms with Gasteiger partial charge in [0.05, 0.1) is 7.11 Å². The molecule has 0 radical (unpaired) electrons. The zero-order valence-electron chi connectivity index (χ0n) is 9.75. The van der Waals surface area contributed by atoms with Crippen LogP contribution in [0.1, 0.15) is 0 Å². The summed E-state index contributed by atoms with van der Waals surface area (Å²) in [6.45, 7) is 0. The molecule has 4 nitrogen and oxygen atoms in total. The maximum absolute atomic E-state index is 13.2. The van der Waals surface area contributed by atoms with Gasteiger partial charge >= 0.3 is 5.38 Å². The molecule has 0 heterocycles. The van der Waals surface area contributed by atoms with Crippen LogP contribution in [0.2, 0.25) is 0 Å². The minimum Gasteiger partial charge on any atom is -0.497 e. The summed E-state index contributed by atoms with van der Waals surface area (Å²) < 4.78 is 31.2. The highest BCUT2D eigenvalue weighted by Crippen LogP contribution is 2.32. The Hall–Kier alpha value is -2.31. The summed E-state index contributed by atoms with van der Waals surface area (Å²) in [6, 6.07) is 8.71. The number of anilines is 1. The molecule has 1 aromatic rings. The molecule has 0 aromatic heterocycles. The summed E-state index contributed by atoms with van der Waals surface area (Å²) in [7, 11) is 1.46.